The molecular formula is C19H17N5O5. The number of hydrogen-bond donors (Lipinski definition) is 2. The smallest absolute Gasteiger partial charge is 0.289 e. The number of rotatable bonds is 7. The van der Waals surface area contributed by atoms with Gasteiger partial charge in [-0.15, -0.1) is 0 Å². The van der Waals surface area contributed by atoms with Gasteiger partial charge in [0.15, 0.2) is 0 Å². The van der Waals surface area contributed by atoms with Crippen LogP contribution >= 0.6 is 0 Å². The topological polar surface area (TPSA) is 132 Å². The molecule has 3 aromatic rings. The van der Waals surface area contributed by atoms with E-state index in [1.165, 1.54) is 31.5 Å². The van der Waals surface area contributed by atoms with Crippen LogP contribution in [-0.4, -0.2) is 41.5 Å². The number of nitrogens with one attached hydrogen (secondary N) is 2. The molecule has 10 heteroatoms. The van der Waals surface area contributed by atoms with Crippen molar-refractivity contribution in [1.82, 2.24) is 15.6 Å². The van der Waals surface area contributed by atoms with Crippen molar-refractivity contribution < 1.29 is 19.2 Å². The zero-order valence-corrected chi connectivity index (χ0v) is 15.6. The van der Waals surface area contributed by atoms with Crippen molar-refractivity contribution in [2.75, 3.05) is 14.2 Å². The van der Waals surface area contributed by atoms with Crippen molar-refractivity contribution in [2.45, 2.75) is 0 Å². The molecule has 0 fully saturated rings. The SMILES string of the molecule is COc1ccc(OC)c(C=NNC(=O)c2cc(-c3cccc([N+](=O)[O-])c3)n[nH]2)c1. The van der Waals surface area contributed by atoms with Gasteiger partial charge in [-0.25, -0.2) is 5.43 Å². The molecule has 1 aromatic heterocycles. The number of nitro groups is 1. The number of hydrazone groups is 1. The van der Waals surface area contributed by atoms with Crippen LogP contribution in [0.1, 0.15) is 16.1 Å². The Bertz CT molecular complexity index is 1080. The molecular weight excluding hydrogens is 378 g/mol. The lowest BCUT2D eigenvalue weighted by Crippen LogP contribution is -2.18. The minimum Gasteiger partial charge on any atom is -0.497 e. The Balaban J connectivity index is 1.72. The van der Waals surface area contributed by atoms with Crippen molar-refractivity contribution in [3.05, 3.63) is 69.9 Å². The fourth-order valence-electron chi connectivity index (χ4n) is 2.53. The normalized spacial score (nSPS) is 10.7. The van der Waals surface area contributed by atoms with Gasteiger partial charge in [0.25, 0.3) is 11.6 Å². The summed E-state index contributed by atoms with van der Waals surface area (Å²) in [5, 5.41) is 21.4. The summed E-state index contributed by atoms with van der Waals surface area (Å²) in [5.74, 6) is 0.666. The lowest BCUT2D eigenvalue weighted by atomic mass is 10.1. The van der Waals surface area contributed by atoms with Crippen molar-refractivity contribution >= 4 is 17.8 Å². The van der Waals surface area contributed by atoms with E-state index in [-0.39, 0.29) is 11.4 Å². The number of methoxy groups -OCH3 is 2. The molecule has 10 nitrogen and oxygen atoms in total. The number of H-pyrrole nitrogens is 1. The van der Waals surface area contributed by atoms with Gasteiger partial charge in [-0.3, -0.25) is 20.0 Å². The minimum atomic E-state index is -0.521. The van der Waals surface area contributed by atoms with E-state index in [1.807, 2.05) is 0 Å². The third-order valence-corrected chi connectivity index (χ3v) is 3.98. The summed E-state index contributed by atoms with van der Waals surface area (Å²) >= 11 is 0. The number of aromatic amines is 1. The van der Waals surface area contributed by atoms with Crippen LogP contribution in [0.4, 0.5) is 5.69 Å². The molecule has 1 amide bonds. The standard InChI is InChI=1S/C19H17N5O5/c1-28-15-6-7-18(29-2)13(9-15)11-20-23-19(25)17-10-16(21-22-17)12-4-3-5-14(8-12)24(26)27/h3-11H,1-2H3,(H,21,22)(H,23,25). The number of benzene rings is 2. The predicted octanol–water partition coefficient (Wildman–Crippen LogP) is 2.77. The largest absolute Gasteiger partial charge is 0.497 e. The van der Waals surface area contributed by atoms with E-state index in [2.05, 4.69) is 20.7 Å². The van der Waals surface area contributed by atoms with E-state index in [4.69, 9.17) is 9.47 Å². The second kappa shape index (κ2) is 8.65. The average Bonchev–Trinajstić information content (AvgIpc) is 3.24. The lowest BCUT2D eigenvalue weighted by molar-refractivity contribution is -0.384. The molecule has 2 N–H and O–H groups in total. The van der Waals surface area contributed by atoms with Gasteiger partial charge in [-0.1, -0.05) is 12.1 Å². The average molecular weight is 395 g/mol. The highest BCUT2D eigenvalue weighted by molar-refractivity contribution is 5.94. The van der Waals surface area contributed by atoms with Crippen LogP contribution in [0.15, 0.2) is 53.6 Å². The van der Waals surface area contributed by atoms with Crippen LogP contribution in [0, 0.1) is 10.1 Å². The number of non-ortho nitro benzene ring substituents is 1. The number of nitro benzene ring substituents is 1. The first-order valence-corrected chi connectivity index (χ1v) is 8.37. The van der Waals surface area contributed by atoms with Gasteiger partial charge in [-0.2, -0.15) is 10.2 Å². The summed E-state index contributed by atoms with van der Waals surface area (Å²) in [7, 11) is 3.07. The van der Waals surface area contributed by atoms with Crippen LogP contribution in [0.5, 0.6) is 11.5 Å². The Hall–Kier alpha value is -4.21. The monoisotopic (exact) mass is 395 g/mol. The molecule has 0 bridgehead atoms. The van der Waals surface area contributed by atoms with Gasteiger partial charge >= 0.3 is 0 Å². The van der Waals surface area contributed by atoms with E-state index in [0.29, 0.717) is 28.3 Å². The van der Waals surface area contributed by atoms with Gasteiger partial charge in [-0.05, 0) is 24.3 Å². The molecule has 0 saturated heterocycles. The number of hydrogen-bond acceptors (Lipinski definition) is 7. The third kappa shape index (κ3) is 4.56. The second-order valence-corrected chi connectivity index (χ2v) is 5.78. The van der Waals surface area contributed by atoms with Crippen LogP contribution in [0.3, 0.4) is 0 Å². The molecule has 0 spiro atoms. The van der Waals surface area contributed by atoms with Gasteiger partial charge in [0.1, 0.15) is 17.2 Å². The molecule has 0 aliphatic rings. The Morgan fingerprint density at radius 3 is 2.76 bits per heavy atom. The summed E-state index contributed by atoms with van der Waals surface area (Å²) in [6.45, 7) is 0. The predicted molar refractivity (Wildman–Crippen MR) is 105 cm³/mol. The number of aromatic nitrogens is 2. The first-order valence-electron chi connectivity index (χ1n) is 8.37. The molecule has 0 radical (unpaired) electrons. The quantitative estimate of drug-likeness (QED) is 0.359. The second-order valence-electron chi connectivity index (χ2n) is 5.78. The molecule has 0 saturated carbocycles. The third-order valence-electron chi connectivity index (χ3n) is 3.98. The molecule has 3 rings (SSSR count). The first-order chi connectivity index (χ1) is 14.0. The van der Waals surface area contributed by atoms with E-state index in [0.717, 1.165) is 0 Å². The summed E-state index contributed by atoms with van der Waals surface area (Å²) in [4.78, 5) is 22.7. The molecule has 148 valence electrons. The van der Waals surface area contributed by atoms with Crippen molar-refractivity contribution in [3.63, 3.8) is 0 Å². The number of amides is 1. The Morgan fingerprint density at radius 2 is 2.03 bits per heavy atom. The maximum absolute atomic E-state index is 12.3. The summed E-state index contributed by atoms with van der Waals surface area (Å²) in [6, 6.07) is 12.6. The van der Waals surface area contributed by atoms with Crippen LogP contribution < -0.4 is 14.9 Å². The molecule has 29 heavy (non-hydrogen) atoms. The maximum atomic E-state index is 12.3. The maximum Gasteiger partial charge on any atom is 0.289 e. The fourth-order valence-corrected chi connectivity index (χ4v) is 2.53. The highest BCUT2D eigenvalue weighted by Crippen LogP contribution is 2.23. The Labute approximate surface area is 165 Å². The summed E-state index contributed by atoms with van der Waals surface area (Å²) in [6.07, 6.45) is 1.43. The summed E-state index contributed by atoms with van der Waals surface area (Å²) < 4.78 is 10.4. The van der Waals surface area contributed by atoms with Crippen molar-refractivity contribution in [2.24, 2.45) is 5.10 Å². The van der Waals surface area contributed by atoms with E-state index in [1.54, 1.807) is 37.4 Å². The fraction of sp³-hybridized carbons (Fsp3) is 0.105. The molecule has 0 aliphatic heterocycles. The molecule has 2 aromatic carbocycles. The number of carbonyl (C=O) groups is 1. The summed E-state index contributed by atoms with van der Waals surface area (Å²) in [5.41, 5.74) is 4.01. The molecule has 0 unspecified atom stereocenters. The van der Waals surface area contributed by atoms with E-state index >= 15 is 0 Å². The van der Waals surface area contributed by atoms with Crippen LogP contribution in [-0.2, 0) is 0 Å². The van der Waals surface area contributed by atoms with Crippen LogP contribution in [0.2, 0.25) is 0 Å². The zero-order chi connectivity index (χ0) is 20.8. The Morgan fingerprint density at radius 1 is 1.21 bits per heavy atom. The lowest BCUT2D eigenvalue weighted by Gasteiger charge is -2.06. The number of nitrogens with zero attached hydrogens (tertiary/aromatic N) is 3. The first kappa shape index (κ1) is 19.5. The molecule has 0 atom stereocenters. The highest BCUT2D eigenvalue weighted by Gasteiger charge is 2.13. The van der Waals surface area contributed by atoms with E-state index < -0.39 is 10.8 Å². The zero-order valence-electron chi connectivity index (χ0n) is 15.6. The molecule has 1 heterocycles. The van der Waals surface area contributed by atoms with Crippen molar-refractivity contribution in [3.8, 4) is 22.8 Å². The highest BCUT2D eigenvalue weighted by atomic mass is 16.6. The Kier molecular flexibility index (Phi) is 5.83. The van der Waals surface area contributed by atoms with Crippen molar-refractivity contribution in [1.29, 1.82) is 0 Å². The van der Waals surface area contributed by atoms with Crippen LogP contribution in [0.25, 0.3) is 11.3 Å². The van der Waals surface area contributed by atoms with Gasteiger partial charge in [0, 0.05) is 23.3 Å². The van der Waals surface area contributed by atoms with E-state index in [9.17, 15) is 14.9 Å². The number of ether oxygens (including phenoxy) is 2. The minimum absolute atomic E-state index is 0.0617. The van der Waals surface area contributed by atoms with Gasteiger partial charge < -0.3 is 9.47 Å². The number of carbonyl (C=O) groups excluding carboxylic acids is 1. The van der Waals surface area contributed by atoms with Gasteiger partial charge in [0.2, 0.25) is 0 Å². The molecule has 0 aliphatic carbocycles. The van der Waals surface area contributed by atoms with Gasteiger partial charge in [0.05, 0.1) is 31.1 Å².